The van der Waals surface area contributed by atoms with E-state index in [1.165, 1.54) is 22.7 Å². The SMILES string of the molecule is CCOc1ccc(/C=C(\NC(=O)c2ccccc2)C(=O)Nc2ccc(SCC(=O)n3c4c(c5ccccc53)CCCC4)cc2)cc1. The Kier molecular flexibility index (Phi) is 9.65. The number of nitrogens with zero attached hydrogens (tertiary/aromatic N) is 1. The number of aryl methyl sites for hydroxylation is 1. The lowest BCUT2D eigenvalue weighted by Crippen LogP contribution is -2.30. The van der Waals surface area contributed by atoms with E-state index in [1.807, 2.05) is 72.2 Å². The lowest BCUT2D eigenvalue weighted by Gasteiger charge is -2.15. The minimum atomic E-state index is -0.460. The summed E-state index contributed by atoms with van der Waals surface area (Å²) >= 11 is 1.47. The van der Waals surface area contributed by atoms with E-state index in [1.54, 1.807) is 42.5 Å². The number of amides is 2. The Morgan fingerprint density at radius 3 is 2.33 bits per heavy atom. The number of carbonyl (C=O) groups excluding carboxylic acids is 3. The molecule has 8 heteroatoms. The van der Waals surface area contributed by atoms with E-state index in [0.29, 0.717) is 23.6 Å². The molecule has 0 unspecified atom stereocenters. The smallest absolute Gasteiger partial charge is 0.272 e. The molecule has 6 rings (SSSR count). The summed E-state index contributed by atoms with van der Waals surface area (Å²) < 4.78 is 7.45. The fourth-order valence-corrected chi connectivity index (χ4v) is 6.51. The molecule has 1 heterocycles. The van der Waals surface area contributed by atoms with E-state index >= 15 is 0 Å². The van der Waals surface area contributed by atoms with Crippen LogP contribution in [0.1, 0.15) is 51.7 Å². The molecule has 7 nitrogen and oxygen atoms in total. The molecule has 4 aromatic carbocycles. The third-order valence-electron chi connectivity index (χ3n) is 7.93. The summed E-state index contributed by atoms with van der Waals surface area (Å²) in [5.74, 6) is 0.246. The Balaban J connectivity index is 1.14. The molecule has 1 aliphatic carbocycles. The van der Waals surface area contributed by atoms with Crippen LogP contribution < -0.4 is 15.4 Å². The van der Waals surface area contributed by atoms with E-state index in [0.717, 1.165) is 53.1 Å². The van der Waals surface area contributed by atoms with Crippen LogP contribution in [0.25, 0.3) is 17.0 Å². The number of hydrogen-bond donors (Lipinski definition) is 2. The van der Waals surface area contributed by atoms with E-state index in [-0.39, 0.29) is 17.5 Å². The summed E-state index contributed by atoms with van der Waals surface area (Å²) in [4.78, 5) is 40.8. The normalized spacial score (nSPS) is 12.8. The molecule has 0 radical (unpaired) electrons. The average molecular weight is 630 g/mol. The van der Waals surface area contributed by atoms with E-state index in [2.05, 4.69) is 16.7 Å². The Bertz CT molecular complexity index is 1890. The molecule has 2 amide bonds. The number of carbonyl (C=O) groups is 3. The van der Waals surface area contributed by atoms with Crippen molar-refractivity contribution in [2.45, 2.75) is 37.5 Å². The number of aromatic nitrogens is 1. The monoisotopic (exact) mass is 629 g/mol. The van der Waals surface area contributed by atoms with Crippen molar-refractivity contribution < 1.29 is 19.1 Å². The molecule has 232 valence electrons. The van der Waals surface area contributed by atoms with Gasteiger partial charge < -0.3 is 15.4 Å². The first-order valence-corrected chi connectivity index (χ1v) is 16.5. The van der Waals surface area contributed by atoms with Crippen LogP contribution in [-0.4, -0.2) is 34.6 Å². The predicted molar refractivity (Wildman–Crippen MR) is 184 cm³/mol. The molecule has 0 saturated carbocycles. The van der Waals surface area contributed by atoms with Gasteiger partial charge in [-0.1, -0.05) is 48.5 Å². The lowest BCUT2D eigenvalue weighted by molar-refractivity contribution is -0.113. The highest BCUT2D eigenvalue weighted by Crippen LogP contribution is 2.33. The number of para-hydroxylation sites is 1. The van der Waals surface area contributed by atoms with Gasteiger partial charge in [-0.2, -0.15) is 0 Å². The maximum absolute atomic E-state index is 13.5. The van der Waals surface area contributed by atoms with Gasteiger partial charge in [0, 0.05) is 27.2 Å². The van der Waals surface area contributed by atoms with Gasteiger partial charge in [-0.15, -0.1) is 11.8 Å². The molecule has 0 bridgehead atoms. The van der Waals surface area contributed by atoms with Gasteiger partial charge in [-0.25, -0.2) is 0 Å². The molecule has 2 N–H and O–H groups in total. The van der Waals surface area contributed by atoms with Gasteiger partial charge >= 0.3 is 0 Å². The van der Waals surface area contributed by atoms with Gasteiger partial charge in [0.15, 0.2) is 0 Å². The Hall–Kier alpha value is -5.08. The van der Waals surface area contributed by atoms with Crippen molar-refractivity contribution in [1.82, 2.24) is 9.88 Å². The van der Waals surface area contributed by atoms with Crippen LogP contribution in [-0.2, 0) is 17.6 Å². The highest BCUT2D eigenvalue weighted by atomic mass is 32.2. The fourth-order valence-electron chi connectivity index (χ4n) is 5.76. The minimum absolute atomic E-state index is 0.0694. The predicted octanol–water partition coefficient (Wildman–Crippen LogP) is 7.76. The second-order valence-electron chi connectivity index (χ2n) is 11.0. The van der Waals surface area contributed by atoms with Gasteiger partial charge in [0.05, 0.1) is 17.9 Å². The molecule has 0 atom stereocenters. The van der Waals surface area contributed by atoms with Crippen molar-refractivity contribution in [2.75, 3.05) is 17.7 Å². The number of fused-ring (bicyclic) bond motifs is 3. The first kappa shape index (κ1) is 30.9. The van der Waals surface area contributed by atoms with Crippen LogP contribution in [0.5, 0.6) is 5.75 Å². The highest BCUT2D eigenvalue weighted by Gasteiger charge is 2.23. The van der Waals surface area contributed by atoms with Crippen molar-refractivity contribution in [1.29, 1.82) is 0 Å². The van der Waals surface area contributed by atoms with Gasteiger partial charge in [-0.3, -0.25) is 19.0 Å². The first-order valence-electron chi connectivity index (χ1n) is 15.5. The fraction of sp³-hybridized carbons (Fsp3) is 0.184. The first-order chi connectivity index (χ1) is 22.5. The number of hydrogen-bond acceptors (Lipinski definition) is 5. The van der Waals surface area contributed by atoms with Crippen molar-refractivity contribution in [3.63, 3.8) is 0 Å². The van der Waals surface area contributed by atoms with Crippen LogP contribution in [0, 0.1) is 0 Å². The van der Waals surface area contributed by atoms with Crippen LogP contribution in [0.2, 0.25) is 0 Å². The average Bonchev–Trinajstić information content (AvgIpc) is 3.43. The molecule has 46 heavy (non-hydrogen) atoms. The van der Waals surface area contributed by atoms with Crippen molar-refractivity contribution in [2.24, 2.45) is 0 Å². The molecule has 0 spiro atoms. The van der Waals surface area contributed by atoms with Crippen LogP contribution >= 0.6 is 11.8 Å². The van der Waals surface area contributed by atoms with Crippen molar-refractivity contribution in [3.05, 3.63) is 131 Å². The second-order valence-corrected chi connectivity index (χ2v) is 12.1. The number of nitrogens with one attached hydrogen (secondary N) is 2. The van der Waals surface area contributed by atoms with Gasteiger partial charge in [-0.05, 0) is 104 Å². The standard InChI is InChI=1S/C38H35N3O4S/c1-2-45-29-20-16-26(17-21-29)24-33(40-37(43)27-10-4-3-5-11-27)38(44)39-28-18-22-30(23-19-28)46-25-36(42)41-34-14-8-6-12-31(34)32-13-7-9-15-35(32)41/h3-6,8,10-12,14,16-24H,2,7,9,13,15,25H2,1H3,(H,39,44)(H,40,43)/b33-24-. The molecular weight excluding hydrogens is 595 g/mol. The summed E-state index contributed by atoms with van der Waals surface area (Å²) in [5, 5.41) is 6.85. The molecule has 0 fully saturated rings. The largest absolute Gasteiger partial charge is 0.494 e. The molecule has 5 aromatic rings. The molecular formula is C38H35N3O4S. The molecule has 1 aliphatic rings. The zero-order valence-corrected chi connectivity index (χ0v) is 26.4. The summed E-state index contributed by atoms with van der Waals surface area (Å²) in [7, 11) is 0. The number of ether oxygens (including phenoxy) is 1. The van der Waals surface area contributed by atoms with Gasteiger partial charge in [0.25, 0.3) is 11.8 Å². The zero-order chi connectivity index (χ0) is 31.9. The highest BCUT2D eigenvalue weighted by molar-refractivity contribution is 8.00. The quantitative estimate of drug-likeness (QED) is 0.122. The van der Waals surface area contributed by atoms with Crippen molar-refractivity contribution >= 4 is 52.1 Å². The Morgan fingerprint density at radius 1 is 0.848 bits per heavy atom. The number of rotatable bonds is 10. The lowest BCUT2D eigenvalue weighted by atomic mass is 9.96. The third kappa shape index (κ3) is 7.08. The summed E-state index contributed by atoms with van der Waals surface area (Å²) in [5.41, 5.74) is 5.31. The van der Waals surface area contributed by atoms with Crippen LogP contribution in [0.3, 0.4) is 0 Å². The van der Waals surface area contributed by atoms with Gasteiger partial charge in [0.1, 0.15) is 11.4 Å². The van der Waals surface area contributed by atoms with Crippen LogP contribution in [0.4, 0.5) is 5.69 Å². The minimum Gasteiger partial charge on any atom is -0.494 e. The molecule has 0 aliphatic heterocycles. The maximum atomic E-state index is 13.5. The number of anilines is 1. The molecule has 0 saturated heterocycles. The number of thioether (sulfide) groups is 1. The van der Waals surface area contributed by atoms with E-state index in [9.17, 15) is 14.4 Å². The summed E-state index contributed by atoms with van der Waals surface area (Å²) in [6.07, 6.45) is 5.83. The Morgan fingerprint density at radius 2 is 1.57 bits per heavy atom. The zero-order valence-electron chi connectivity index (χ0n) is 25.6. The topological polar surface area (TPSA) is 89.4 Å². The molecule has 1 aromatic heterocycles. The summed E-state index contributed by atoms with van der Waals surface area (Å²) in [6.45, 7) is 2.47. The number of benzene rings is 4. The van der Waals surface area contributed by atoms with E-state index < -0.39 is 5.91 Å². The maximum Gasteiger partial charge on any atom is 0.272 e. The Labute approximate surface area is 272 Å². The summed E-state index contributed by atoms with van der Waals surface area (Å²) in [6, 6.07) is 31.6. The third-order valence-corrected chi connectivity index (χ3v) is 8.93. The van der Waals surface area contributed by atoms with Crippen molar-refractivity contribution in [3.8, 4) is 5.75 Å². The second kappa shape index (κ2) is 14.3. The van der Waals surface area contributed by atoms with Gasteiger partial charge in [0.2, 0.25) is 5.91 Å². The van der Waals surface area contributed by atoms with Crippen LogP contribution in [0.15, 0.2) is 114 Å². The van der Waals surface area contributed by atoms with E-state index in [4.69, 9.17) is 4.74 Å².